The molecule has 0 radical (unpaired) electrons. The molecule has 0 fully saturated rings. The molecule has 6 aromatic rings. The molecule has 2 aromatic heterocycles. The molecular formula is C51H63N9O9S2. The van der Waals surface area contributed by atoms with E-state index in [9.17, 15) is 27.6 Å². The second-order valence-corrected chi connectivity index (χ2v) is 19.6. The predicted octanol–water partition coefficient (Wildman–Crippen LogP) is 11.4. The van der Waals surface area contributed by atoms with Gasteiger partial charge in [-0.1, -0.05) is 90.7 Å². The Kier molecular flexibility index (Phi) is 19.2. The zero-order chi connectivity index (χ0) is 51.1. The fourth-order valence-electron chi connectivity index (χ4n) is 8.03. The lowest BCUT2D eigenvalue weighted by molar-refractivity contribution is -0.123. The van der Waals surface area contributed by atoms with E-state index in [1.807, 2.05) is 12.1 Å². The topological polar surface area (TPSA) is 225 Å². The number of azo groups is 1. The summed E-state index contributed by atoms with van der Waals surface area (Å²) >= 11 is 1.01. The summed E-state index contributed by atoms with van der Waals surface area (Å²) in [5, 5.41) is 17.9. The number of nitrogens with one attached hydrogen (secondary N) is 3. The van der Waals surface area contributed by atoms with Crippen molar-refractivity contribution in [2.24, 2.45) is 17.3 Å². The summed E-state index contributed by atoms with van der Waals surface area (Å²) in [6.07, 6.45) is 9.90. The summed E-state index contributed by atoms with van der Waals surface area (Å²) in [5.41, 5.74) is 2.26. The number of imidazole rings is 1. The zero-order valence-electron chi connectivity index (χ0n) is 41.4. The van der Waals surface area contributed by atoms with Gasteiger partial charge in [0.15, 0.2) is 16.6 Å². The van der Waals surface area contributed by atoms with E-state index < -0.39 is 39.8 Å². The maximum atomic E-state index is 14.8. The number of carbonyl (C=O) groups is 4. The smallest absolute Gasteiger partial charge is 0.338 e. The second kappa shape index (κ2) is 25.4. The van der Waals surface area contributed by atoms with Crippen molar-refractivity contribution < 1.29 is 41.8 Å². The average Bonchev–Trinajstić information content (AvgIpc) is 3.91. The molecule has 4 aromatic carbocycles. The number of hydrogen-bond donors (Lipinski definition) is 3. The van der Waals surface area contributed by atoms with E-state index in [2.05, 4.69) is 37.5 Å². The number of carbonyl (C=O) groups excluding carboxylic acids is 4. The van der Waals surface area contributed by atoms with Crippen LogP contribution < -0.4 is 25.4 Å². The molecule has 1 atom stereocenters. The molecule has 0 saturated heterocycles. The van der Waals surface area contributed by atoms with Crippen molar-refractivity contribution in [1.82, 2.24) is 18.2 Å². The lowest BCUT2D eigenvalue weighted by Gasteiger charge is -2.23. The van der Waals surface area contributed by atoms with Gasteiger partial charge in [0.2, 0.25) is 27.9 Å². The first-order chi connectivity index (χ1) is 34.2. The predicted molar refractivity (Wildman–Crippen MR) is 277 cm³/mol. The number of aryl methyl sites for hydroxylation is 1. The van der Waals surface area contributed by atoms with E-state index in [4.69, 9.17) is 19.2 Å². The van der Waals surface area contributed by atoms with Crippen molar-refractivity contribution in [3.63, 3.8) is 0 Å². The van der Waals surface area contributed by atoms with Gasteiger partial charge in [0.25, 0.3) is 5.91 Å². The number of ether oxygens (including phenoxy) is 3. The number of esters is 1. The highest BCUT2D eigenvalue weighted by Crippen LogP contribution is 2.43. The van der Waals surface area contributed by atoms with Gasteiger partial charge in [-0.25, -0.2) is 18.2 Å². The number of anilines is 3. The standard InChI is InChI=1S/C51H63N9O9S2/c1-8-11-12-13-14-15-16-17-18-21-28-68-51(64)35-24-27-45(67-7)41(29-35)55-49(63)47(48-54-40-22-19-20-23-44(40)59(48)6)69-46-42(52-33(4)61)30-36(31-43(46)53-34(5)62)56-57-50-38-32-37(25-26-39(38)58-70-50)71(65,66)60(9-2)10-3/h19-20,22-27,29-32,47H,8-18,21,28H2,1-7H3,(H,52,61)(H,53,62)(H,55,63). The van der Waals surface area contributed by atoms with Gasteiger partial charge in [0.05, 0.1) is 63.5 Å². The van der Waals surface area contributed by atoms with Crippen LogP contribution in [0.5, 0.6) is 11.5 Å². The van der Waals surface area contributed by atoms with Gasteiger partial charge >= 0.3 is 5.97 Å². The van der Waals surface area contributed by atoms with Crippen molar-refractivity contribution in [3.8, 4) is 11.5 Å². The van der Waals surface area contributed by atoms with E-state index in [1.165, 1.54) is 94.1 Å². The van der Waals surface area contributed by atoms with Gasteiger partial charge in [0.1, 0.15) is 5.75 Å². The molecule has 0 aliphatic carbocycles. The summed E-state index contributed by atoms with van der Waals surface area (Å²) < 4.78 is 52.1. The Morgan fingerprint density at radius 3 is 2.03 bits per heavy atom. The molecular weight excluding hydrogens is 947 g/mol. The molecule has 18 nitrogen and oxygen atoms in total. The minimum Gasteiger partial charge on any atom is -0.495 e. The van der Waals surface area contributed by atoms with Crippen molar-refractivity contribution in [1.29, 1.82) is 0 Å². The molecule has 20 heteroatoms. The number of hydrogen-bond acceptors (Lipinski definition) is 14. The van der Waals surface area contributed by atoms with Crippen LogP contribution in [0.2, 0.25) is 0 Å². The van der Waals surface area contributed by atoms with Crippen LogP contribution >= 0.6 is 11.5 Å². The summed E-state index contributed by atoms with van der Waals surface area (Å²) in [4.78, 5) is 58.6. The number of sulfonamides is 1. The second-order valence-electron chi connectivity index (χ2n) is 16.9. The van der Waals surface area contributed by atoms with Gasteiger partial charge in [-0.05, 0) is 78.6 Å². The number of aromatic nitrogens is 3. The molecule has 2 heterocycles. The van der Waals surface area contributed by atoms with Gasteiger partial charge in [-0.3, -0.25) is 14.4 Å². The van der Waals surface area contributed by atoms with Crippen LogP contribution in [0.15, 0.2) is 87.9 Å². The molecule has 0 aliphatic rings. The highest BCUT2D eigenvalue weighted by atomic mass is 32.2. The van der Waals surface area contributed by atoms with Crippen LogP contribution in [0.4, 0.5) is 27.8 Å². The monoisotopic (exact) mass is 1010 g/mol. The summed E-state index contributed by atoms with van der Waals surface area (Å²) in [5.74, 6) is -2.06. The number of benzene rings is 4. The molecule has 0 spiro atoms. The van der Waals surface area contributed by atoms with Crippen LogP contribution in [0.3, 0.4) is 0 Å². The highest BCUT2D eigenvalue weighted by molar-refractivity contribution is 7.89. The van der Waals surface area contributed by atoms with Crippen LogP contribution in [-0.2, 0) is 36.2 Å². The van der Waals surface area contributed by atoms with Gasteiger partial charge < -0.3 is 34.7 Å². The van der Waals surface area contributed by atoms with Crippen molar-refractivity contribution in [3.05, 3.63) is 84.2 Å². The van der Waals surface area contributed by atoms with Gasteiger partial charge in [0, 0.05) is 39.4 Å². The third-order valence-electron chi connectivity index (χ3n) is 11.7. The number of methoxy groups -OCH3 is 1. The first-order valence-corrected chi connectivity index (χ1v) is 26.2. The molecule has 1 unspecified atom stereocenters. The van der Waals surface area contributed by atoms with E-state index in [0.29, 0.717) is 40.0 Å². The van der Waals surface area contributed by atoms with Crippen molar-refractivity contribution in [2.45, 2.75) is 110 Å². The third kappa shape index (κ3) is 13.8. The molecule has 0 bridgehead atoms. The lowest BCUT2D eigenvalue weighted by atomic mass is 10.1. The number of amides is 3. The Morgan fingerprint density at radius 2 is 1.41 bits per heavy atom. The van der Waals surface area contributed by atoms with E-state index in [0.717, 1.165) is 37.2 Å². The molecule has 6 rings (SSSR count). The van der Waals surface area contributed by atoms with E-state index in [-0.39, 0.29) is 57.1 Å². The first kappa shape index (κ1) is 53.6. The third-order valence-corrected chi connectivity index (χ3v) is 14.5. The quantitative estimate of drug-likeness (QED) is 0.0263. The first-order valence-electron chi connectivity index (χ1n) is 24.0. The fraction of sp³-hybridized carbons (Fsp3) is 0.412. The minimum atomic E-state index is -3.79. The van der Waals surface area contributed by atoms with Crippen LogP contribution in [0.1, 0.15) is 121 Å². The molecule has 71 heavy (non-hydrogen) atoms. The Bertz CT molecular complexity index is 2950. The Labute approximate surface area is 418 Å². The van der Waals surface area contributed by atoms with Crippen LogP contribution in [0.25, 0.3) is 21.9 Å². The SMILES string of the molecule is CCCCCCCCCCCCOC(=O)c1ccc(OC)c(NC(=O)C(Oc2c(NC(C)=O)cc(N=Nc3snc4ccc(S(=O)(=O)N(CC)CC)cc34)cc2NC(C)=O)c2nc3ccccc3n2C)c1. The molecule has 3 N–H and O–H groups in total. The summed E-state index contributed by atoms with van der Waals surface area (Å²) in [6.45, 7) is 9.14. The summed E-state index contributed by atoms with van der Waals surface area (Å²) in [7, 11) is -0.643. The number of nitrogens with zero attached hydrogens (tertiary/aromatic N) is 6. The molecule has 3 amide bonds. The maximum absolute atomic E-state index is 14.8. The van der Waals surface area contributed by atoms with Crippen LogP contribution in [-0.4, -0.2) is 77.1 Å². The van der Waals surface area contributed by atoms with Crippen molar-refractivity contribution >= 4 is 94.9 Å². The highest BCUT2D eigenvalue weighted by Gasteiger charge is 2.32. The number of unbranched alkanes of at least 4 members (excludes halogenated alkanes) is 9. The van der Waals surface area contributed by atoms with Crippen molar-refractivity contribution in [2.75, 3.05) is 42.8 Å². The summed E-state index contributed by atoms with van der Waals surface area (Å²) in [6, 6.07) is 19.3. The lowest BCUT2D eigenvalue weighted by Crippen LogP contribution is -2.30. The number of rotatable bonds is 26. The van der Waals surface area contributed by atoms with E-state index >= 15 is 0 Å². The van der Waals surface area contributed by atoms with Crippen LogP contribution in [0, 0.1) is 0 Å². The largest absolute Gasteiger partial charge is 0.495 e. The number of para-hydroxylation sites is 2. The van der Waals surface area contributed by atoms with Gasteiger partial charge in [-0.2, -0.15) is 8.68 Å². The van der Waals surface area contributed by atoms with E-state index in [1.54, 1.807) is 55.8 Å². The Balaban J connectivity index is 1.31. The Hall–Kier alpha value is -6.77. The minimum absolute atomic E-state index is 0.0146. The average molecular weight is 1010 g/mol. The zero-order valence-corrected chi connectivity index (χ0v) is 43.0. The van der Waals surface area contributed by atoms with Gasteiger partial charge in [-0.15, -0.1) is 10.2 Å². The Morgan fingerprint density at radius 1 is 0.761 bits per heavy atom. The molecule has 378 valence electrons. The number of fused-ring (bicyclic) bond motifs is 2. The normalized spacial score (nSPS) is 12.1. The molecule has 0 saturated carbocycles. The fourth-order valence-corrected chi connectivity index (χ4v) is 10.2. The maximum Gasteiger partial charge on any atom is 0.338 e. The molecule has 0 aliphatic heterocycles.